The van der Waals surface area contributed by atoms with E-state index in [4.69, 9.17) is 17.2 Å². The van der Waals surface area contributed by atoms with E-state index in [-0.39, 0.29) is 42.1 Å². The normalized spacial score (nSPS) is 21.5. The van der Waals surface area contributed by atoms with Crippen molar-refractivity contribution in [3.05, 3.63) is 0 Å². The summed E-state index contributed by atoms with van der Waals surface area (Å²) in [6, 6.07) is -0.849. The molecule has 1 saturated heterocycles. The van der Waals surface area contributed by atoms with E-state index in [2.05, 4.69) is 10.3 Å². The molecule has 2 atom stereocenters. The first-order valence-corrected chi connectivity index (χ1v) is 8.90. The number of halogens is 1. The van der Waals surface area contributed by atoms with Crippen LogP contribution in [-0.2, 0) is 9.59 Å². The lowest BCUT2D eigenvalue weighted by atomic mass is 9.83. The maximum Gasteiger partial charge on any atom is 0.242 e. The standard InChI is InChI=1S/C16H30N6O2.ClH/c17-13(11-5-2-1-3-6-11)15(24)22-10-7-12(22)14(23)20-8-4-9-21-16(18)19;/h11-13H,1-10,17H2,(H,20,23)(H4,18,19,21);1H. The van der Waals surface area contributed by atoms with Gasteiger partial charge in [-0.2, -0.15) is 0 Å². The van der Waals surface area contributed by atoms with Gasteiger partial charge < -0.3 is 27.4 Å². The molecule has 0 radical (unpaired) electrons. The highest BCUT2D eigenvalue weighted by atomic mass is 35.5. The quantitative estimate of drug-likeness (QED) is 0.275. The van der Waals surface area contributed by atoms with Crippen molar-refractivity contribution in [2.45, 2.75) is 57.0 Å². The molecule has 2 unspecified atom stereocenters. The lowest BCUT2D eigenvalue weighted by molar-refractivity contribution is -0.149. The van der Waals surface area contributed by atoms with Crippen LogP contribution in [0.1, 0.15) is 44.9 Å². The van der Waals surface area contributed by atoms with Gasteiger partial charge in [-0.05, 0) is 31.6 Å². The Balaban J connectivity index is 0.00000312. The van der Waals surface area contributed by atoms with Gasteiger partial charge in [0.1, 0.15) is 6.04 Å². The third-order valence-electron chi connectivity index (χ3n) is 4.98. The molecule has 2 fully saturated rings. The molecule has 0 bridgehead atoms. The second-order valence-corrected chi connectivity index (χ2v) is 6.71. The summed E-state index contributed by atoms with van der Waals surface area (Å²) >= 11 is 0. The number of hydrogen-bond donors (Lipinski definition) is 4. The van der Waals surface area contributed by atoms with Gasteiger partial charge >= 0.3 is 0 Å². The molecule has 1 aliphatic heterocycles. The van der Waals surface area contributed by atoms with Crippen LogP contribution in [0.15, 0.2) is 4.99 Å². The van der Waals surface area contributed by atoms with E-state index in [1.54, 1.807) is 4.90 Å². The predicted molar refractivity (Wildman–Crippen MR) is 100 cm³/mol. The Hall–Kier alpha value is -1.54. The highest BCUT2D eigenvalue weighted by molar-refractivity contribution is 5.91. The number of nitrogens with two attached hydrogens (primary N) is 3. The number of carbonyl (C=O) groups is 2. The summed E-state index contributed by atoms with van der Waals surface area (Å²) < 4.78 is 0. The fraction of sp³-hybridized carbons (Fsp3) is 0.812. The van der Waals surface area contributed by atoms with Crippen molar-refractivity contribution in [3.8, 4) is 0 Å². The largest absolute Gasteiger partial charge is 0.370 e. The molecule has 25 heavy (non-hydrogen) atoms. The summed E-state index contributed by atoms with van der Waals surface area (Å²) in [5.41, 5.74) is 16.6. The molecule has 0 aromatic carbocycles. The molecule has 1 heterocycles. The summed E-state index contributed by atoms with van der Waals surface area (Å²) in [6.45, 7) is 1.58. The van der Waals surface area contributed by atoms with Crippen molar-refractivity contribution < 1.29 is 9.59 Å². The van der Waals surface area contributed by atoms with Crippen molar-refractivity contribution in [2.75, 3.05) is 19.6 Å². The minimum Gasteiger partial charge on any atom is -0.370 e. The van der Waals surface area contributed by atoms with Gasteiger partial charge in [0, 0.05) is 19.6 Å². The molecule has 8 nitrogen and oxygen atoms in total. The molecular formula is C16H31ClN6O2. The topological polar surface area (TPSA) is 140 Å². The second-order valence-electron chi connectivity index (χ2n) is 6.71. The number of aliphatic imine (C=N–C) groups is 1. The predicted octanol–water partition coefficient (Wildman–Crippen LogP) is -0.304. The number of guanidine groups is 1. The Morgan fingerprint density at radius 2 is 1.84 bits per heavy atom. The zero-order valence-corrected chi connectivity index (χ0v) is 15.5. The Kier molecular flexibility index (Phi) is 8.99. The van der Waals surface area contributed by atoms with E-state index in [1.165, 1.54) is 6.42 Å². The van der Waals surface area contributed by atoms with Gasteiger partial charge in [-0.25, -0.2) is 0 Å². The van der Waals surface area contributed by atoms with Crippen LogP contribution in [0.2, 0.25) is 0 Å². The first-order chi connectivity index (χ1) is 11.5. The summed E-state index contributed by atoms with van der Waals surface area (Å²) in [5.74, 6) is 0.118. The van der Waals surface area contributed by atoms with Gasteiger partial charge in [-0.1, -0.05) is 19.3 Å². The van der Waals surface area contributed by atoms with Gasteiger partial charge in [0.2, 0.25) is 11.8 Å². The lowest BCUT2D eigenvalue weighted by Crippen LogP contribution is -2.62. The monoisotopic (exact) mass is 374 g/mol. The maximum atomic E-state index is 12.6. The first kappa shape index (κ1) is 21.5. The van der Waals surface area contributed by atoms with E-state index >= 15 is 0 Å². The molecular weight excluding hydrogens is 344 g/mol. The van der Waals surface area contributed by atoms with E-state index < -0.39 is 6.04 Å². The average Bonchev–Trinajstić information content (AvgIpc) is 2.53. The zero-order valence-electron chi connectivity index (χ0n) is 14.7. The van der Waals surface area contributed by atoms with Crippen molar-refractivity contribution in [1.29, 1.82) is 0 Å². The molecule has 1 aliphatic carbocycles. The molecule has 0 aromatic heterocycles. The molecule has 9 heteroatoms. The van der Waals surface area contributed by atoms with Crippen molar-refractivity contribution in [3.63, 3.8) is 0 Å². The zero-order chi connectivity index (χ0) is 17.5. The Bertz CT molecular complexity index is 477. The highest BCUT2D eigenvalue weighted by Crippen LogP contribution is 2.28. The summed E-state index contributed by atoms with van der Waals surface area (Å²) in [7, 11) is 0. The van der Waals surface area contributed by atoms with Crippen LogP contribution in [-0.4, -0.2) is 54.4 Å². The van der Waals surface area contributed by atoms with Gasteiger partial charge in [0.05, 0.1) is 6.04 Å². The summed E-state index contributed by atoms with van der Waals surface area (Å²) in [5, 5.41) is 2.84. The number of likely N-dealkylation sites (tertiary alicyclic amines) is 1. The number of nitrogens with zero attached hydrogens (tertiary/aromatic N) is 2. The van der Waals surface area contributed by atoms with Crippen LogP contribution in [0.4, 0.5) is 0 Å². The van der Waals surface area contributed by atoms with Crippen molar-refractivity contribution in [2.24, 2.45) is 28.1 Å². The molecule has 1 saturated carbocycles. The smallest absolute Gasteiger partial charge is 0.242 e. The number of hydrogen-bond acceptors (Lipinski definition) is 4. The van der Waals surface area contributed by atoms with E-state index in [1.807, 2.05) is 0 Å². The lowest BCUT2D eigenvalue weighted by Gasteiger charge is -2.42. The van der Waals surface area contributed by atoms with Crippen LogP contribution in [0.3, 0.4) is 0 Å². The van der Waals surface area contributed by atoms with E-state index in [9.17, 15) is 9.59 Å². The van der Waals surface area contributed by atoms with Gasteiger partial charge in [0.25, 0.3) is 0 Å². The van der Waals surface area contributed by atoms with Crippen LogP contribution in [0, 0.1) is 5.92 Å². The first-order valence-electron chi connectivity index (χ1n) is 8.90. The van der Waals surface area contributed by atoms with Crippen molar-refractivity contribution in [1.82, 2.24) is 10.2 Å². The molecule has 0 spiro atoms. The molecule has 2 aliphatic rings. The SMILES string of the molecule is Cl.NC(N)=NCCCNC(=O)C1CCN1C(=O)C(N)C1CCCCC1. The molecule has 2 amide bonds. The molecule has 2 rings (SSSR count). The van der Waals surface area contributed by atoms with Crippen LogP contribution in [0.5, 0.6) is 0 Å². The fourth-order valence-electron chi connectivity index (χ4n) is 3.43. The minimum atomic E-state index is -0.470. The molecule has 0 aromatic rings. The highest BCUT2D eigenvalue weighted by Gasteiger charge is 2.40. The fourth-order valence-corrected chi connectivity index (χ4v) is 3.43. The summed E-state index contributed by atoms with van der Waals surface area (Å²) in [4.78, 5) is 30.3. The molecule has 7 N–H and O–H groups in total. The maximum absolute atomic E-state index is 12.6. The third kappa shape index (κ3) is 6.04. The van der Waals surface area contributed by atoms with Gasteiger partial charge in [-0.15, -0.1) is 12.4 Å². The minimum absolute atomic E-state index is 0. The second kappa shape index (κ2) is 10.5. The molecule has 144 valence electrons. The van der Waals surface area contributed by atoms with E-state index in [0.717, 1.165) is 25.7 Å². The summed E-state index contributed by atoms with van der Waals surface area (Å²) in [6.07, 6.45) is 6.91. The Labute approximate surface area is 155 Å². The van der Waals surface area contributed by atoms with Gasteiger partial charge in [-0.3, -0.25) is 14.6 Å². The number of carbonyl (C=O) groups excluding carboxylic acids is 2. The van der Waals surface area contributed by atoms with E-state index in [0.29, 0.717) is 32.5 Å². The average molecular weight is 375 g/mol. The van der Waals surface area contributed by atoms with Crippen LogP contribution >= 0.6 is 12.4 Å². The van der Waals surface area contributed by atoms with Crippen molar-refractivity contribution >= 4 is 30.2 Å². The number of nitrogens with one attached hydrogen (secondary N) is 1. The Morgan fingerprint density at radius 3 is 2.40 bits per heavy atom. The van der Waals surface area contributed by atoms with Gasteiger partial charge in [0.15, 0.2) is 5.96 Å². The number of rotatable bonds is 7. The van der Waals surface area contributed by atoms with Crippen LogP contribution in [0.25, 0.3) is 0 Å². The Morgan fingerprint density at radius 1 is 1.16 bits per heavy atom. The number of amides is 2. The third-order valence-corrected chi connectivity index (χ3v) is 4.98. The van der Waals surface area contributed by atoms with Crippen LogP contribution < -0.4 is 22.5 Å².